The highest BCUT2D eigenvalue weighted by Crippen LogP contribution is 2.29. The molecule has 6 nitrogen and oxygen atoms in total. The SMILES string of the molecule is CCCCC/C=C\CC1OC1C/C=C\C/C=C\CCCC(=O)OC[C@H](O)COC(=O)CCCCCCCCCCCCC(C)C. The molecule has 3 atom stereocenters. The lowest BCUT2D eigenvalue weighted by Crippen LogP contribution is -2.25. The van der Waals surface area contributed by atoms with E-state index in [2.05, 4.69) is 57.2 Å². The first-order valence-corrected chi connectivity index (χ1v) is 18.5. The van der Waals surface area contributed by atoms with Crippen molar-refractivity contribution in [1.29, 1.82) is 0 Å². The van der Waals surface area contributed by atoms with Gasteiger partial charge in [-0.3, -0.25) is 9.59 Å². The molecule has 260 valence electrons. The fourth-order valence-corrected chi connectivity index (χ4v) is 5.24. The lowest BCUT2D eigenvalue weighted by Gasteiger charge is -2.12. The van der Waals surface area contributed by atoms with Crippen LogP contribution in [0.5, 0.6) is 0 Å². The molecule has 0 aliphatic carbocycles. The van der Waals surface area contributed by atoms with Gasteiger partial charge in [0.1, 0.15) is 19.3 Å². The second kappa shape index (κ2) is 29.5. The lowest BCUT2D eigenvalue weighted by molar-refractivity contribution is -0.152. The predicted octanol–water partition coefficient (Wildman–Crippen LogP) is 10.1. The summed E-state index contributed by atoms with van der Waals surface area (Å²) in [5.74, 6) is 0.188. The number of aliphatic hydroxyl groups is 1. The van der Waals surface area contributed by atoms with E-state index in [1.54, 1.807) is 0 Å². The second-order valence-electron chi connectivity index (χ2n) is 13.2. The van der Waals surface area contributed by atoms with E-state index in [9.17, 15) is 14.7 Å². The van der Waals surface area contributed by atoms with Crippen LogP contribution in [-0.4, -0.2) is 48.6 Å². The highest BCUT2D eigenvalue weighted by atomic mass is 16.6. The van der Waals surface area contributed by atoms with Crippen molar-refractivity contribution in [2.24, 2.45) is 5.92 Å². The first kappa shape index (κ1) is 41.1. The van der Waals surface area contributed by atoms with Crippen molar-refractivity contribution in [2.75, 3.05) is 13.2 Å². The van der Waals surface area contributed by atoms with Crippen molar-refractivity contribution in [1.82, 2.24) is 0 Å². The number of ether oxygens (including phenoxy) is 3. The Bertz CT molecular complexity index is 801. The molecule has 1 aliphatic rings. The molecule has 1 rings (SSSR count). The summed E-state index contributed by atoms with van der Waals surface area (Å²) in [6.07, 6.45) is 36.6. The number of carbonyl (C=O) groups excluding carboxylic acids is 2. The molecule has 1 N–H and O–H groups in total. The first-order valence-electron chi connectivity index (χ1n) is 18.5. The number of hydrogen-bond donors (Lipinski definition) is 1. The van der Waals surface area contributed by atoms with Crippen molar-refractivity contribution >= 4 is 11.9 Å². The molecule has 0 aromatic carbocycles. The van der Waals surface area contributed by atoms with Crippen LogP contribution < -0.4 is 0 Å². The number of hydrogen-bond acceptors (Lipinski definition) is 6. The van der Waals surface area contributed by atoms with Gasteiger partial charge in [0.25, 0.3) is 0 Å². The monoisotopic (exact) mass is 633 g/mol. The standard InChI is InChI=1S/C39H68O6/c1-4-5-6-7-18-23-28-36-37(45-36)29-24-19-14-12-16-21-26-31-39(42)44-33-35(40)32-43-38(41)30-25-20-15-11-9-8-10-13-17-22-27-34(2)3/h12,16,18-19,23-24,34-37,40H,4-11,13-15,17,20-22,25-33H2,1-3H3/b16-12-,23-18-,24-19-/t35-,36?,37?/m1/s1. The summed E-state index contributed by atoms with van der Waals surface area (Å²) in [6.45, 7) is 6.53. The normalized spacial score (nSPS) is 17.2. The zero-order valence-electron chi connectivity index (χ0n) is 29.2. The summed E-state index contributed by atoms with van der Waals surface area (Å²) in [6, 6.07) is 0. The van der Waals surface area contributed by atoms with Crippen LogP contribution in [0.1, 0.15) is 162 Å². The van der Waals surface area contributed by atoms with Crippen molar-refractivity contribution in [3.63, 3.8) is 0 Å². The summed E-state index contributed by atoms with van der Waals surface area (Å²) >= 11 is 0. The van der Waals surface area contributed by atoms with Gasteiger partial charge in [-0.15, -0.1) is 0 Å². The van der Waals surface area contributed by atoms with E-state index in [1.807, 2.05) is 0 Å². The van der Waals surface area contributed by atoms with E-state index in [-0.39, 0.29) is 25.2 Å². The van der Waals surface area contributed by atoms with Gasteiger partial charge >= 0.3 is 11.9 Å². The number of carbonyl (C=O) groups is 2. The van der Waals surface area contributed by atoms with Crippen LogP contribution in [0, 0.1) is 5.92 Å². The molecule has 2 unspecified atom stereocenters. The molecular weight excluding hydrogens is 564 g/mol. The summed E-state index contributed by atoms with van der Waals surface area (Å²) < 4.78 is 16.0. The molecular formula is C39H68O6. The summed E-state index contributed by atoms with van der Waals surface area (Å²) in [5.41, 5.74) is 0. The van der Waals surface area contributed by atoms with Crippen molar-refractivity contribution < 1.29 is 28.9 Å². The number of unbranched alkanes of at least 4 members (excludes halogenated alkanes) is 13. The third-order valence-electron chi connectivity index (χ3n) is 8.21. The molecule has 1 saturated heterocycles. The maximum Gasteiger partial charge on any atom is 0.305 e. The second-order valence-corrected chi connectivity index (χ2v) is 13.2. The predicted molar refractivity (Wildman–Crippen MR) is 186 cm³/mol. The fourth-order valence-electron chi connectivity index (χ4n) is 5.24. The van der Waals surface area contributed by atoms with Crippen molar-refractivity contribution in [3.05, 3.63) is 36.5 Å². The molecule has 0 radical (unpaired) electrons. The number of rotatable bonds is 31. The van der Waals surface area contributed by atoms with Gasteiger partial charge in [-0.05, 0) is 57.3 Å². The highest BCUT2D eigenvalue weighted by molar-refractivity contribution is 5.69. The molecule has 1 fully saturated rings. The number of esters is 2. The molecule has 45 heavy (non-hydrogen) atoms. The van der Waals surface area contributed by atoms with Gasteiger partial charge in [0, 0.05) is 12.8 Å². The fraction of sp³-hybridized carbons (Fsp3) is 0.795. The summed E-state index contributed by atoms with van der Waals surface area (Å²) in [5, 5.41) is 9.99. The van der Waals surface area contributed by atoms with Crippen LogP contribution in [0.2, 0.25) is 0 Å². The third-order valence-corrected chi connectivity index (χ3v) is 8.21. The average molecular weight is 633 g/mol. The largest absolute Gasteiger partial charge is 0.463 e. The topological polar surface area (TPSA) is 85.4 Å². The molecule has 0 saturated carbocycles. The van der Waals surface area contributed by atoms with E-state index in [4.69, 9.17) is 14.2 Å². The Morgan fingerprint density at radius 1 is 0.644 bits per heavy atom. The molecule has 0 amide bonds. The van der Waals surface area contributed by atoms with Crippen molar-refractivity contribution in [2.45, 2.75) is 180 Å². The summed E-state index contributed by atoms with van der Waals surface area (Å²) in [4.78, 5) is 23.9. The first-order chi connectivity index (χ1) is 21.9. The average Bonchev–Trinajstić information content (AvgIpc) is 3.78. The zero-order chi connectivity index (χ0) is 32.8. The minimum Gasteiger partial charge on any atom is -0.463 e. The summed E-state index contributed by atoms with van der Waals surface area (Å²) in [7, 11) is 0. The lowest BCUT2D eigenvalue weighted by atomic mass is 10.0. The maximum absolute atomic E-state index is 11.9. The van der Waals surface area contributed by atoms with Crippen LogP contribution in [-0.2, 0) is 23.8 Å². The smallest absolute Gasteiger partial charge is 0.305 e. The Balaban J connectivity index is 1.88. The van der Waals surface area contributed by atoms with Gasteiger partial charge in [-0.1, -0.05) is 134 Å². The zero-order valence-corrected chi connectivity index (χ0v) is 29.2. The Kier molecular flexibility index (Phi) is 26.9. The van der Waals surface area contributed by atoms with E-state index in [1.165, 1.54) is 77.0 Å². The molecule has 0 aromatic rings. The number of allylic oxidation sites excluding steroid dienone is 4. The molecule has 0 spiro atoms. The van der Waals surface area contributed by atoms with Gasteiger partial charge in [-0.25, -0.2) is 0 Å². The molecule has 1 aliphatic heterocycles. The Hall–Kier alpha value is -1.92. The third kappa shape index (κ3) is 28.1. The van der Waals surface area contributed by atoms with Crippen LogP contribution in [0.15, 0.2) is 36.5 Å². The van der Waals surface area contributed by atoms with Gasteiger partial charge in [0.05, 0.1) is 12.2 Å². The van der Waals surface area contributed by atoms with Crippen LogP contribution in [0.3, 0.4) is 0 Å². The number of epoxide rings is 1. The molecule has 0 aromatic heterocycles. The van der Waals surface area contributed by atoms with Gasteiger partial charge < -0.3 is 19.3 Å². The minimum atomic E-state index is -0.988. The Labute approximate surface area is 276 Å². The Morgan fingerprint density at radius 2 is 1.13 bits per heavy atom. The van der Waals surface area contributed by atoms with Crippen LogP contribution in [0.25, 0.3) is 0 Å². The van der Waals surface area contributed by atoms with Gasteiger partial charge in [0.2, 0.25) is 0 Å². The van der Waals surface area contributed by atoms with Crippen molar-refractivity contribution in [3.8, 4) is 0 Å². The van der Waals surface area contributed by atoms with Gasteiger partial charge in [0.15, 0.2) is 0 Å². The van der Waals surface area contributed by atoms with Gasteiger partial charge in [-0.2, -0.15) is 0 Å². The van der Waals surface area contributed by atoms with E-state index < -0.39 is 6.10 Å². The maximum atomic E-state index is 11.9. The molecule has 6 heteroatoms. The van der Waals surface area contributed by atoms with Crippen LogP contribution in [0.4, 0.5) is 0 Å². The molecule has 0 bridgehead atoms. The van der Waals surface area contributed by atoms with E-state index >= 15 is 0 Å². The number of aliphatic hydroxyl groups excluding tert-OH is 1. The molecule has 1 heterocycles. The minimum absolute atomic E-state index is 0.136. The Morgan fingerprint density at radius 3 is 1.73 bits per heavy atom. The highest BCUT2D eigenvalue weighted by Gasteiger charge is 2.35. The quantitative estimate of drug-likeness (QED) is 0.0354. The van der Waals surface area contributed by atoms with Crippen LogP contribution >= 0.6 is 0 Å². The van der Waals surface area contributed by atoms with E-state index in [0.29, 0.717) is 31.5 Å². The van der Waals surface area contributed by atoms with E-state index in [0.717, 1.165) is 50.9 Å².